The number of allylic oxidation sites excluding steroid dienone is 18. The molecule has 0 aromatic heterocycles. The highest BCUT2D eigenvalue weighted by atomic mass is 31.2. The van der Waals surface area contributed by atoms with E-state index in [-0.39, 0.29) is 32.0 Å². The van der Waals surface area contributed by atoms with E-state index in [1.165, 1.54) is 70.6 Å². The van der Waals surface area contributed by atoms with Gasteiger partial charge >= 0.3 is 19.8 Å². The molecule has 9 nitrogen and oxygen atoms in total. The summed E-state index contributed by atoms with van der Waals surface area (Å²) in [6.45, 7) is 4.24. The zero-order chi connectivity index (χ0) is 51.3. The third kappa shape index (κ3) is 54.0. The average molecular weight is 997 g/mol. The number of hydrogen-bond donors (Lipinski definition) is 1. The molecule has 0 heterocycles. The lowest BCUT2D eigenvalue weighted by Crippen LogP contribution is -2.37. The lowest BCUT2D eigenvalue weighted by molar-refractivity contribution is -0.870. The largest absolute Gasteiger partial charge is 0.472 e. The summed E-state index contributed by atoms with van der Waals surface area (Å²) in [4.78, 5) is 35.3. The van der Waals surface area contributed by atoms with Gasteiger partial charge in [-0.25, -0.2) is 4.57 Å². The summed E-state index contributed by atoms with van der Waals surface area (Å²) >= 11 is 0. The van der Waals surface area contributed by atoms with E-state index in [0.29, 0.717) is 17.4 Å². The van der Waals surface area contributed by atoms with Crippen molar-refractivity contribution in [2.45, 2.75) is 213 Å². The zero-order valence-electron chi connectivity index (χ0n) is 45.2. The summed E-state index contributed by atoms with van der Waals surface area (Å²) in [6, 6.07) is 0. The van der Waals surface area contributed by atoms with Crippen molar-refractivity contribution >= 4 is 19.8 Å². The van der Waals surface area contributed by atoms with Gasteiger partial charge in [-0.05, 0) is 83.5 Å². The predicted molar refractivity (Wildman–Crippen MR) is 298 cm³/mol. The van der Waals surface area contributed by atoms with Gasteiger partial charge in [-0.15, -0.1) is 0 Å². The number of carbonyl (C=O) groups is 2. The van der Waals surface area contributed by atoms with Gasteiger partial charge in [0.1, 0.15) is 19.8 Å². The van der Waals surface area contributed by atoms with Crippen LogP contribution in [0, 0.1) is 0 Å². The fourth-order valence-electron chi connectivity index (χ4n) is 7.07. The molecule has 400 valence electrons. The van der Waals surface area contributed by atoms with Crippen molar-refractivity contribution in [1.29, 1.82) is 0 Å². The third-order valence-electron chi connectivity index (χ3n) is 11.3. The molecule has 0 aliphatic carbocycles. The maximum atomic E-state index is 12.7. The van der Waals surface area contributed by atoms with E-state index >= 15 is 0 Å². The Bertz CT molecular complexity index is 1550. The molecule has 0 spiro atoms. The maximum absolute atomic E-state index is 12.7. The number of phosphoric ester groups is 1. The quantitative estimate of drug-likeness (QED) is 0.0211. The molecule has 0 amide bonds. The van der Waals surface area contributed by atoms with Crippen LogP contribution in [0.15, 0.2) is 109 Å². The fraction of sp³-hybridized carbons (Fsp3) is 0.667. The first kappa shape index (κ1) is 66.7. The molecular weight excluding hydrogens is 894 g/mol. The van der Waals surface area contributed by atoms with Crippen molar-refractivity contribution in [2.24, 2.45) is 0 Å². The van der Waals surface area contributed by atoms with Crippen LogP contribution in [0.5, 0.6) is 0 Å². The summed E-state index contributed by atoms with van der Waals surface area (Å²) in [6.07, 6.45) is 70.5. The van der Waals surface area contributed by atoms with Crippen LogP contribution in [0.2, 0.25) is 0 Å². The standard InChI is InChI=1S/C60H102NO8P/c1-6-8-10-12-14-15-16-17-18-19-20-21-22-23-24-25-26-27-28-29-30-31-32-33-34-35-36-37-38-39-40-41-42-43-44-45-47-49-51-53-60(63)69-58(57-68-70(64,65)67-55-54-61(3,4)5)56-66-59(62)52-50-48-46-13-11-9-7-2/h8,10,14-15,17-18,20-21,23-24,26-27,29-30,32-33,35-36,58H,6-7,9,11-13,16,19,22,25,28,31,34,37-57H2,1-5H3/p+1/b10-8-,15-14-,18-17-,21-20-,24-23-,27-26-,30-29-,33-32-,36-35-. The van der Waals surface area contributed by atoms with E-state index in [9.17, 15) is 19.0 Å². The molecule has 0 aromatic carbocycles. The van der Waals surface area contributed by atoms with E-state index in [1.54, 1.807) is 0 Å². The molecule has 2 unspecified atom stereocenters. The van der Waals surface area contributed by atoms with Crippen LogP contribution < -0.4 is 0 Å². The van der Waals surface area contributed by atoms with Crippen LogP contribution >= 0.6 is 7.82 Å². The molecule has 70 heavy (non-hydrogen) atoms. The molecule has 0 aromatic rings. The minimum Gasteiger partial charge on any atom is -0.462 e. The van der Waals surface area contributed by atoms with Crippen molar-refractivity contribution in [2.75, 3.05) is 47.5 Å². The number of ether oxygens (including phenoxy) is 2. The highest BCUT2D eigenvalue weighted by Crippen LogP contribution is 2.43. The Balaban J connectivity index is 3.98. The number of unbranched alkanes of at least 4 members (excludes halogenated alkanes) is 17. The van der Waals surface area contributed by atoms with Crippen LogP contribution in [0.25, 0.3) is 0 Å². The van der Waals surface area contributed by atoms with Crippen molar-refractivity contribution < 1.29 is 42.1 Å². The van der Waals surface area contributed by atoms with Gasteiger partial charge in [0.05, 0.1) is 27.7 Å². The van der Waals surface area contributed by atoms with Crippen molar-refractivity contribution in [3.05, 3.63) is 109 Å². The second-order valence-electron chi connectivity index (χ2n) is 19.2. The molecular formula is C60H103NO8P+. The molecule has 0 bridgehead atoms. The summed E-state index contributed by atoms with van der Waals surface area (Å²) in [5, 5.41) is 0. The monoisotopic (exact) mass is 997 g/mol. The maximum Gasteiger partial charge on any atom is 0.472 e. The first-order valence-corrected chi connectivity index (χ1v) is 29.1. The lowest BCUT2D eigenvalue weighted by atomic mass is 10.0. The normalized spacial score (nSPS) is 14.2. The molecule has 0 radical (unpaired) electrons. The summed E-state index contributed by atoms with van der Waals surface area (Å²) < 4.78 is 34.3. The Hall–Kier alpha value is -3.33. The number of hydrogen-bond acceptors (Lipinski definition) is 7. The van der Waals surface area contributed by atoms with Crippen LogP contribution in [0.1, 0.15) is 206 Å². The van der Waals surface area contributed by atoms with Gasteiger partial charge < -0.3 is 18.9 Å². The summed E-state index contributed by atoms with van der Waals surface area (Å²) in [5.41, 5.74) is 0. The molecule has 0 aliphatic heterocycles. The second-order valence-corrected chi connectivity index (χ2v) is 20.7. The SMILES string of the molecule is CC/C=C\C/C=C\C/C=C\C/C=C\C/C=C\C/C=C\C/C=C\C/C=C\C/C=C\CCCCCCCCCCCCCC(=O)OC(COC(=O)CCCCCCCCC)COP(=O)(O)OCC[N+](C)(C)C. The minimum atomic E-state index is -4.38. The predicted octanol–water partition coefficient (Wildman–Crippen LogP) is 17.0. The van der Waals surface area contributed by atoms with Gasteiger partial charge in [-0.2, -0.15) is 0 Å². The van der Waals surface area contributed by atoms with Gasteiger partial charge in [-0.1, -0.05) is 220 Å². The van der Waals surface area contributed by atoms with E-state index in [0.717, 1.165) is 103 Å². The molecule has 0 saturated heterocycles. The Kier molecular flexibility index (Phi) is 48.2. The van der Waals surface area contributed by atoms with Gasteiger partial charge in [0.2, 0.25) is 0 Å². The van der Waals surface area contributed by atoms with Gasteiger partial charge in [0.15, 0.2) is 6.10 Å². The molecule has 0 aliphatic rings. The smallest absolute Gasteiger partial charge is 0.462 e. The highest BCUT2D eigenvalue weighted by molar-refractivity contribution is 7.47. The van der Waals surface area contributed by atoms with Gasteiger partial charge in [0, 0.05) is 12.8 Å². The average Bonchev–Trinajstić information content (AvgIpc) is 3.32. The number of quaternary nitrogens is 1. The minimum absolute atomic E-state index is 0.0277. The molecule has 0 rings (SSSR count). The number of nitrogens with zero attached hydrogens (tertiary/aromatic N) is 1. The summed E-state index contributed by atoms with van der Waals surface area (Å²) in [7, 11) is 1.46. The fourth-order valence-corrected chi connectivity index (χ4v) is 7.81. The first-order valence-electron chi connectivity index (χ1n) is 27.6. The molecule has 0 fully saturated rings. The molecule has 10 heteroatoms. The number of rotatable bonds is 49. The van der Waals surface area contributed by atoms with Crippen LogP contribution in [0.3, 0.4) is 0 Å². The van der Waals surface area contributed by atoms with Crippen LogP contribution in [-0.4, -0.2) is 74.9 Å². The van der Waals surface area contributed by atoms with Crippen LogP contribution in [-0.2, 0) is 32.7 Å². The lowest BCUT2D eigenvalue weighted by Gasteiger charge is -2.24. The van der Waals surface area contributed by atoms with Crippen LogP contribution in [0.4, 0.5) is 0 Å². The summed E-state index contributed by atoms with van der Waals surface area (Å²) in [5.74, 6) is -0.813. The second kappa shape index (κ2) is 50.6. The van der Waals surface area contributed by atoms with E-state index < -0.39 is 26.5 Å². The number of carbonyl (C=O) groups excluding carboxylic acids is 2. The molecule has 0 saturated carbocycles. The molecule has 1 N–H and O–H groups in total. The molecule has 2 atom stereocenters. The van der Waals surface area contributed by atoms with Gasteiger partial charge in [0.25, 0.3) is 0 Å². The topological polar surface area (TPSA) is 108 Å². The van der Waals surface area contributed by atoms with Crippen molar-refractivity contribution in [3.8, 4) is 0 Å². The van der Waals surface area contributed by atoms with Crippen molar-refractivity contribution in [3.63, 3.8) is 0 Å². The third-order valence-corrected chi connectivity index (χ3v) is 12.3. The first-order chi connectivity index (χ1) is 34.0. The van der Waals surface area contributed by atoms with E-state index in [1.807, 2.05) is 21.1 Å². The Labute approximate surface area is 429 Å². The highest BCUT2D eigenvalue weighted by Gasteiger charge is 2.27. The number of phosphoric acid groups is 1. The van der Waals surface area contributed by atoms with E-state index in [4.69, 9.17) is 18.5 Å². The number of esters is 2. The Morgan fingerprint density at radius 1 is 0.457 bits per heavy atom. The van der Waals surface area contributed by atoms with Gasteiger partial charge in [-0.3, -0.25) is 18.6 Å². The van der Waals surface area contributed by atoms with E-state index in [2.05, 4.69) is 123 Å². The number of likely N-dealkylation sites (N-methyl/N-ethyl adjacent to an activating group) is 1. The Morgan fingerprint density at radius 3 is 1.21 bits per heavy atom. The Morgan fingerprint density at radius 2 is 0.814 bits per heavy atom. The van der Waals surface area contributed by atoms with Crippen molar-refractivity contribution in [1.82, 2.24) is 0 Å². The zero-order valence-corrected chi connectivity index (χ0v) is 46.1.